The number of halogens is 1. The molecule has 0 bridgehead atoms. The zero-order valence-electron chi connectivity index (χ0n) is 11.3. The standard InChI is InChI=1S/C15H13BrN2O3/c1-10-7-13(18(20)21)5-6-14(10)15(19)17-9-11-3-2-4-12(16)8-11/h2-8H,9H2,1H3,(H,17,19). The maximum absolute atomic E-state index is 12.1. The summed E-state index contributed by atoms with van der Waals surface area (Å²) in [5.41, 5.74) is 1.97. The molecule has 0 saturated heterocycles. The second-order valence-corrected chi connectivity index (χ2v) is 5.48. The normalized spacial score (nSPS) is 10.2. The molecule has 6 heteroatoms. The van der Waals surface area contributed by atoms with Crippen molar-refractivity contribution in [2.75, 3.05) is 0 Å². The van der Waals surface area contributed by atoms with Gasteiger partial charge in [-0.25, -0.2) is 0 Å². The smallest absolute Gasteiger partial charge is 0.269 e. The molecule has 5 nitrogen and oxygen atoms in total. The van der Waals surface area contributed by atoms with Crippen LogP contribution in [-0.4, -0.2) is 10.8 Å². The van der Waals surface area contributed by atoms with Crippen LogP contribution in [0.15, 0.2) is 46.9 Å². The van der Waals surface area contributed by atoms with Gasteiger partial charge in [-0.2, -0.15) is 0 Å². The van der Waals surface area contributed by atoms with Crippen LogP contribution in [0.3, 0.4) is 0 Å². The number of nitro groups is 1. The van der Waals surface area contributed by atoms with Crippen molar-refractivity contribution in [3.63, 3.8) is 0 Å². The van der Waals surface area contributed by atoms with Crippen LogP contribution in [0.4, 0.5) is 5.69 Å². The fourth-order valence-corrected chi connectivity index (χ4v) is 2.39. The van der Waals surface area contributed by atoms with Crippen LogP contribution in [0.1, 0.15) is 21.5 Å². The zero-order chi connectivity index (χ0) is 15.4. The van der Waals surface area contributed by atoms with Gasteiger partial charge < -0.3 is 5.32 Å². The van der Waals surface area contributed by atoms with E-state index < -0.39 is 4.92 Å². The van der Waals surface area contributed by atoms with Gasteiger partial charge in [-0.15, -0.1) is 0 Å². The van der Waals surface area contributed by atoms with Crippen LogP contribution in [-0.2, 0) is 6.54 Å². The highest BCUT2D eigenvalue weighted by Gasteiger charge is 2.13. The number of aryl methyl sites for hydroxylation is 1. The number of non-ortho nitro benzene ring substituents is 1. The Balaban J connectivity index is 2.08. The molecule has 0 aliphatic heterocycles. The summed E-state index contributed by atoms with van der Waals surface area (Å²) in [6.45, 7) is 2.08. The van der Waals surface area contributed by atoms with E-state index in [-0.39, 0.29) is 11.6 Å². The molecule has 0 atom stereocenters. The molecule has 2 rings (SSSR count). The molecule has 0 radical (unpaired) electrons. The average Bonchev–Trinajstić information content (AvgIpc) is 2.44. The van der Waals surface area contributed by atoms with Crippen LogP contribution >= 0.6 is 15.9 Å². The first-order valence-electron chi connectivity index (χ1n) is 6.25. The molecule has 0 aromatic heterocycles. The minimum absolute atomic E-state index is 0.0176. The van der Waals surface area contributed by atoms with E-state index in [0.29, 0.717) is 17.7 Å². The Labute approximate surface area is 130 Å². The Bertz CT molecular complexity index is 701. The lowest BCUT2D eigenvalue weighted by molar-refractivity contribution is -0.384. The summed E-state index contributed by atoms with van der Waals surface area (Å²) in [5.74, 6) is -0.248. The fourth-order valence-electron chi connectivity index (χ4n) is 1.94. The Morgan fingerprint density at radius 3 is 2.67 bits per heavy atom. The SMILES string of the molecule is Cc1cc([N+](=O)[O-])ccc1C(=O)NCc1cccc(Br)c1. The number of carbonyl (C=O) groups is 1. The summed E-state index contributed by atoms with van der Waals surface area (Å²) in [6.07, 6.45) is 0. The molecule has 0 heterocycles. The number of amides is 1. The molecule has 0 fully saturated rings. The number of hydrogen-bond donors (Lipinski definition) is 1. The maximum atomic E-state index is 12.1. The zero-order valence-corrected chi connectivity index (χ0v) is 12.9. The minimum atomic E-state index is -0.476. The van der Waals surface area contributed by atoms with Gasteiger partial charge in [0.1, 0.15) is 0 Å². The first kappa shape index (κ1) is 15.2. The van der Waals surface area contributed by atoms with Gasteiger partial charge in [0, 0.05) is 28.7 Å². The summed E-state index contributed by atoms with van der Waals surface area (Å²) in [4.78, 5) is 22.3. The van der Waals surface area contributed by atoms with Crippen molar-refractivity contribution in [3.8, 4) is 0 Å². The largest absolute Gasteiger partial charge is 0.348 e. The highest BCUT2D eigenvalue weighted by molar-refractivity contribution is 9.10. The molecule has 1 N–H and O–H groups in total. The predicted molar refractivity (Wildman–Crippen MR) is 83.1 cm³/mol. The van der Waals surface area contributed by atoms with Gasteiger partial charge >= 0.3 is 0 Å². The Morgan fingerprint density at radius 2 is 2.05 bits per heavy atom. The molecule has 108 valence electrons. The van der Waals surface area contributed by atoms with E-state index >= 15 is 0 Å². The second kappa shape index (κ2) is 6.49. The van der Waals surface area contributed by atoms with Crippen LogP contribution in [0.2, 0.25) is 0 Å². The molecule has 2 aromatic carbocycles. The van der Waals surface area contributed by atoms with Gasteiger partial charge in [0.25, 0.3) is 11.6 Å². The van der Waals surface area contributed by atoms with Gasteiger partial charge in [0.15, 0.2) is 0 Å². The average molecular weight is 349 g/mol. The van der Waals surface area contributed by atoms with E-state index in [9.17, 15) is 14.9 Å². The minimum Gasteiger partial charge on any atom is -0.348 e. The molecule has 21 heavy (non-hydrogen) atoms. The highest BCUT2D eigenvalue weighted by Crippen LogP contribution is 2.17. The monoisotopic (exact) mass is 348 g/mol. The van der Waals surface area contributed by atoms with Crippen molar-refractivity contribution in [1.82, 2.24) is 5.32 Å². The van der Waals surface area contributed by atoms with Crippen molar-refractivity contribution >= 4 is 27.5 Å². The lowest BCUT2D eigenvalue weighted by atomic mass is 10.1. The fraction of sp³-hybridized carbons (Fsp3) is 0.133. The molecular formula is C15H13BrN2O3. The van der Waals surface area contributed by atoms with Gasteiger partial charge in [-0.3, -0.25) is 14.9 Å². The van der Waals surface area contributed by atoms with E-state index in [0.717, 1.165) is 10.0 Å². The Kier molecular flexibility index (Phi) is 4.70. The van der Waals surface area contributed by atoms with E-state index in [4.69, 9.17) is 0 Å². The van der Waals surface area contributed by atoms with Gasteiger partial charge in [0.05, 0.1) is 4.92 Å². The van der Waals surface area contributed by atoms with E-state index in [1.165, 1.54) is 18.2 Å². The number of benzene rings is 2. The Hall–Kier alpha value is -2.21. The first-order chi connectivity index (χ1) is 9.97. The predicted octanol–water partition coefficient (Wildman–Crippen LogP) is 3.60. The van der Waals surface area contributed by atoms with Crippen LogP contribution in [0, 0.1) is 17.0 Å². The van der Waals surface area contributed by atoms with Crippen LogP contribution in [0.5, 0.6) is 0 Å². The van der Waals surface area contributed by atoms with Crippen molar-refractivity contribution < 1.29 is 9.72 Å². The molecule has 0 aliphatic carbocycles. The van der Waals surface area contributed by atoms with Crippen LogP contribution in [0.25, 0.3) is 0 Å². The first-order valence-corrected chi connectivity index (χ1v) is 7.04. The topological polar surface area (TPSA) is 72.2 Å². The maximum Gasteiger partial charge on any atom is 0.269 e. The van der Waals surface area contributed by atoms with E-state index in [1.54, 1.807) is 6.92 Å². The highest BCUT2D eigenvalue weighted by atomic mass is 79.9. The van der Waals surface area contributed by atoms with E-state index in [2.05, 4.69) is 21.2 Å². The quantitative estimate of drug-likeness (QED) is 0.677. The van der Waals surface area contributed by atoms with Crippen molar-refractivity contribution in [3.05, 3.63) is 73.7 Å². The van der Waals surface area contributed by atoms with Gasteiger partial charge in [-0.1, -0.05) is 28.1 Å². The van der Waals surface area contributed by atoms with Gasteiger partial charge in [0.2, 0.25) is 0 Å². The Morgan fingerprint density at radius 1 is 1.29 bits per heavy atom. The number of rotatable bonds is 4. The third-order valence-electron chi connectivity index (χ3n) is 3.01. The molecule has 0 aliphatic rings. The van der Waals surface area contributed by atoms with Gasteiger partial charge in [-0.05, 0) is 36.2 Å². The van der Waals surface area contributed by atoms with E-state index in [1.807, 2.05) is 24.3 Å². The molecular weight excluding hydrogens is 336 g/mol. The molecule has 1 amide bonds. The second-order valence-electron chi connectivity index (χ2n) is 4.57. The molecule has 2 aromatic rings. The van der Waals surface area contributed by atoms with Crippen molar-refractivity contribution in [2.45, 2.75) is 13.5 Å². The number of carbonyl (C=O) groups excluding carboxylic acids is 1. The summed E-state index contributed by atoms with van der Waals surface area (Å²) >= 11 is 3.37. The third-order valence-corrected chi connectivity index (χ3v) is 3.50. The molecule has 0 saturated carbocycles. The third kappa shape index (κ3) is 3.88. The lowest BCUT2D eigenvalue weighted by Gasteiger charge is -2.08. The summed E-state index contributed by atoms with van der Waals surface area (Å²) in [7, 11) is 0. The molecule has 0 spiro atoms. The number of nitro benzene ring substituents is 1. The van der Waals surface area contributed by atoms with Crippen molar-refractivity contribution in [2.24, 2.45) is 0 Å². The molecule has 0 unspecified atom stereocenters. The van der Waals surface area contributed by atoms with Crippen LogP contribution < -0.4 is 5.32 Å². The van der Waals surface area contributed by atoms with Crippen molar-refractivity contribution in [1.29, 1.82) is 0 Å². The number of hydrogen-bond acceptors (Lipinski definition) is 3. The summed E-state index contributed by atoms with van der Waals surface area (Å²) in [6, 6.07) is 11.8. The summed E-state index contributed by atoms with van der Waals surface area (Å²) < 4.78 is 0.945. The number of nitrogens with one attached hydrogen (secondary N) is 1. The lowest BCUT2D eigenvalue weighted by Crippen LogP contribution is -2.23. The number of nitrogens with zero attached hydrogens (tertiary/aromatic N) is 1. The summed E-state index contributed by atoms with van der Waals surface area (Å²) in [5, 5.41) is 13.5.